The van der Waals surface area contributed by atoms with Crippen LogP contribution >= 0.6 is 0 Å². The smallest absolute Gasteiger partial charge is 0.307 e. The van der Waals surface area contributed by atoms with E-state index in [1.807, 2.05) is 6.92 Å². The second kappa shape index (κ2) is 8.70. The average Bonchev–Trinajstić information content (AvgIpc) is 3.34. The predicted molar refractivity (Wildman–Crippen MR) is 143 cm³/mol. The molecule has 208 valence electrons. The van der Waals surface area contributed by atoms with E-state index >= 15 is 0 Å². The molecule has 0 unspecified atom stereocenters. The molecule has 41 heavy (non-hydrogen) atoms. The van der Waals surface area contributed by atoms with Crippen LogP contribution in [0.2, 0.25) is 0 Å². The fourth-order valence-electron chi connectivity index (χ4n) is 6.00. The van der Waals surface area contributed by atoms with Gasteiger partial charge in [-0.2, -0.15) is 26.3 Å². The van der Waals surface area contributed by atoms with Crippen molar-refractivity contribution in [3.8, 4) is 5.69 Å². The zero-order valence-corrected chi connectivity index (χ0v) is 21.8. The fraction of sp³-hybridized carbons (Fsp3) is 0.161. The number of hydrogen-bond acceptors (Lipinski definition) is 2. The molecule has 1 aliphatic rings. The monoisotopic (exact) mass is 566 g/mol. The highest BCUT2D eigenvalue weighted by molar-refractivity contribution is 6.36. The minimum absolute atomic E-state index is 0.0719. The van der Waals surface area contributed by atoms with Gasteiger partial charge in [-0.15, -0.1) is 0 Å². The van der Waals surface area contributed by atoms with Crippen molar-refractivity contribution in [3.05, 3.63) is 106 Å². The first-order valence-corrected chi connectivity index (χ1v) is 12.5. The summed E-state index contributed by atoms with van der Waals surface area (Å²) in [5.74, 6) is -1.55. The summed E-state index contributed by atoms with van der Waals surface area (Å²) in [6.07, 6.45) is -9.85. The highest BCUT2D eigenvalue weighted by Gasteiger charge is 2.43. The Labute approximate surface area is 229 Å². The summed E-state index contributed by atoms with van der Waals surface area (Å²) in [4.78, 5) is 28.6. The molecule has 4 aromatic carbocycles. The first kappa shape index (κ1) is 26.6. The number of imide groups is 1. The van der Waals surface area contributed by atoms with Gasteiger partial charge in [0, 0.05) is 10.8 Å². The normalized spacial score (nSPS) is 14.0. The Morgan fingerprint density at radius 3 is 1.61 bits per heavy atom. The van der Waals surface area contributed by atoms with Crippen molar-refractivity contribution >= 4 is 39.3 Å². The van der Waals surface area contributed by atoms with Crippen molar-refractivity contribution in [2.24, 2.45) is 0 Å². The molecule has 0 bridgehead atoms. The SMILES string of the molecule is Cc1cc(C)c(N2C(=O)c3cccc(-n4c5c(C(F)(F)F)cccc5c5cccc(C(F)(F)F)c54)c3C2=O)c(C)c1. The van der Waals surface area contributed by atoms with Gasteiger partial charge in [0.2, 0.25) is 0 Å². The summed E-state index contributed by atoms with van der Waals surface area (Å²) >= 11 is 0. The number of carbonyl (C=O) groups excluding carboxylic acids is 2. The molecule has 0 spiro atoms. The molecule has 5 aromatic rings. The van der Waals surface area contributed by atoms with Crippen LogP contribution in [0.3, 0.4) is 0 Å². The molecule has 10 heteroatoms. The first-order chi connectivity index (χ1) is 19.2. The van der Waals surface area contributed by atoms with E-state index in [9.17, 15) is 35.9 Å². The zero-order valence-electron chi connectivity index (χ0n) is 21.8. The summed E-state index contributed by atoms with van der Waals surface area (Å²) in [5.41, 5.74) is -1.61. The molecule has 0 atom stereocenters. The molecule has 0 fully saturated rings. The predicted octanol–water partition coefficient (Wildman–Crippen LogP) is 8.55. The Morgan fingerprint density at radius 2 is 1.12 bits per heavy atom. The highest BCUT2D eigenvalue weighted by atomic mass is 19.4. The number of carbonyl (C=O) groups is 2. The van der Waals surface area contributed by atoms with Crippen LogP contribution in [-0.2, 0) is 12.4 Å². The van der Waals surface area contributed by atoms with Gasteiger partial charge in [-0.1, -0.05) is 48.0 Å². The zero-order chi connectivity index (χ0) is 29.6. The molecular weight excluding hydrogens is 546 g/mol. The number of aryl methyl sites for hydroxylation is 3. The number of amides is 2. The third-order valence-electron chi connectivity index (χ3n) is 7.41. The maximum Gasteiger partial charge on any atom is 0.418 e. The van der Waals surface area contributed by atoms with E-state index in [1.165, 1.54) is 30.3 Å². The lowest BCUT2D eigenvalue weighted by molar-refractivity contribution is -0.136. The van der Waals surface area contributed by atoms with Crippen molar-refractivity contribution < 1.29 is 35.9 Å². The largest absolute Gasteiger partial charge is 0.418 e. The summed E-state index contributed by atoms with van der Waals surface area (Å²) < 4.78 is 86.8. The number of aromatic nitrogens is 1. The Bertz CT molecular complexity index is 1850. The number of nitrogens with zero attached hydrogens (tertiary/aromatic N) is 2. The maximum absolute atomic E-state index is 14.3. The van der Waals surface area contributed by atoms with Gasteiger partial charge in [-0.25, -0.2) is 4.90 Å². The number of rotatable bonds is 2. The first-order valence-electron chi connectivity index (χ1n) is 12.5. The van der Waals surface area contributed by atoms with Crippen LogP contribution in [0.15, 0.2) is 66.7 Å². The minimum Gasteiger partial charge on any atom is -0.307 e. The third-order valence-corrected chi connectivity index (χ3v) is 7.41. The number of benzene rings is 4. The molecule has 0 saturated carbocycles. The Hall–Kier alpha value is -4.60. The van der Waals surface area contributed by atoms with Crippen LogP contribution in [-0.4, -0.2) is 16.4 Å². The van der Waals surface area contributed by atoms with Crippen molar-refractivity contribution in [3.63, 3.8) is 0 Å². The van der Waals surface area contributed by atoms with Gasteiger partial charge in [0.05, 0.1) is 44.7 Å². The summed E-state index contributed by atoms with van der Waals surface area (Å²) in [6, 6.07) is 14.0. The summed E-state index contributed by atoms with van der Waals surface area (Å²) in [7, 11) is 0. The van der Waals surface area contributed by atoms with Crippen LogP contribution in [0.4, 0.5) is 32.0 Å². The van der Waals surface area contributed by atoms with Crippen molar-refractivity contribution in [2.75, 3.05) is 4.90 Å². The maximum atomic E-state index is 14.3. The molecule has 2 amide bonds. The highest BCUT2D eigenvalue weighted by Crippen LogP contribution is 2.46. The van der Waals surface area contributed by atoms with Crippen LogP contribution in [0.1, 0.15) is 48.5 Å². The van der Waals surface area contributed by atoms with Gasteiger partial charge in [0.15, 0.2) is 0 Å². The molecule has 0 saturated heterocycles. The van der Waals surface area contributed by atoms with Gasteiger partial charge in [-0.3, -0.25) is 9.59 Å². The molecule has 0 radical (unpaired) electrons. The van der Waals surface area contributed by atoms with E-state index in [2.05, 4.69) is 0 Å². The third kappa shape index (κ3) is 3.84. The molecule has 1 aliphatic heterocycles. The van der Waals surface area contributed by atoms with E-state index in [-0.39, 0.29) is 27.6 Å². The van der Waals surface area contributed by atoms with Crippen LogP contribution < -0.4 is 4.90 Å². The molecule has 6 rings (SSSR count). The Kier molecular flexibility index (Phi) is 5.65. The summed E-state index contributed by atoms with van der Waals surface area (Å²) in [5, 5.41) is -0.144. The molecule has 0 N–H and O–H groups in total. The van der Waals surface area contributed by atoms with Gasteiger partial charge < -0.3 is 4.57 Å². The fourth-order valence-corrected chi connectivity index (χ4v) is 6.00. The molecular formula is C31H20F6N2O2. The summed E-state index contributed by atoms with van der Waals surface area (Å²) in [6.45, 7) is 5.29. The number of hydrogen-bond donors (Lipinski definition) is 0. The second-order valence-electron chi connectivity index (χ2n) is 10.1. The number of fused-ring (bicyclic) bond motifs is 4. The topological polar surface area (TPSA) is 42.3 Å². The number of para-hydroxylation sites is 2. The average molecular weight is 567 g/mol. The van der Waals surface area contributed by atoms with Gasteiger partial charge in [0.25, 0.3) is 11.8 Å². The van der Waals surface area contributed by atoms with E-state index < -0.39 is 46.3 Å². The molecule has 1 aromatic heterocycles. The number of alkyl halides is 6. The van der Waals surface area contributed by atoms with E-state index in [0.717, 1.165) is 39.3 Å². The number of halogens is 6. The molecule has 0 aliphatic carbocycles. The van der Waals surface area contributed by atoms with E-state index in [4.69, 9.17) is 0 Å². The van der Waals surface area contributed by atoms with E-state index in [0.29, 0.717) is 16.8 Å². The minimum atomic E-state index is -4.93. The quantitative estimate of drug-likeness (QED) is 0.159. The van der Waals surface area contributed by atoms with Crippen molar-refractivity contribution in [1.82, 2.24) is 4.57 Å². The van der Waals surface area contributed by atoms with Crippen molar-refractivity contribution in [1.29, 1.82) is 0 Å². The Balaban J connectivity index is 1.75. The number of anilines is 1. The molecule has 4 nitrogen and oxygen atoms in total. The van der Waals surface area contributed by atoms with Crippen LogP contribution in [0, 0.1) is 20.8 Å². The lowest BCUT2D eigenvalue weighted by Crippen LogP contribution is -2.31. The van der Waals surface area contributed by atoms with E-state index in [1.54, 1.807) is 26.0 Å². The standard InChI is InChI=1S/C31H20F6N2O2/c1-15-13-16(2)25(17(3)14-15)39-28(40)20-9-6-12-23(24(20)29(39)41)38-26-18(7-4-10-21(26)30(32,33)34)19-8-5-11-22(27(19)38)31(35,36)37/h4-14H,1-3H3. The Morgan fingerprint density at radius 1 is 0.634 bits per heavy atom. The van der Waals surface area contributed by atoms with Gasteiger partial charge in [0.1, 0.15) is 0 Å². The van der Waals surface area contributed by atoms with Crippen molar-refractivity contribution in [2.45, 2.75) is 33.1 Å². The molecule has 2 heterocycles. The lowest BCUT2D eigenvalue weighted by Gasteiger charge is -2.20. The van der Waals surface area contributed by atoms with Gasteiger partial charge in [-0.05, 0) is 56.2 Å². The lowest BCUT2D eigenvalue weighted by atomic mass is 10.0. The van der Waals surface area contributed by atoms with Crippen LogP contribution in [0.5, 0.6) is 0 Å². The second-order valence-corrected chi connectivity index (χ2v) is 10.1. The van der Waals surface area contributed by atoms with Gasteiger partial charge >= 0.3 is 12.4 Å². The van der Waals surface area contributed by atoms with Crippen LogP contribution in [0.25, 0.3) is 27.5 Å².